The van der Waals surface area contributed by atoms with Gasteiger partial charge in [0.25, 0.3) is 0 Å². The molecule has 2 nitrogen and oxygen atoms in total. The fourth-order valence-corrected chi connectivity index (χ4v) is 3.21. The van der Waals surface area contributed by atoms with Crippen molar-refractivity contribution in [2.24, 2.45) is 5.41 Å². The molecule has 3 rings (SSSR count). The summed E-state index contributed by atoms with van der Waals surface area (Å²) in [6.07, 6.45) is 2.02. The number of hydrogen-bond acceptors (Lipinski definition) is 2. The van der Waals surface area contributed by atoms with E-state index in [0.717, 1.165) is 23.3 Å². The van der Waals surface area contributed by atoms with Gasteiger partial charge in [-0.25, -0.2) is 0 Å². The molecule has 1 unspecified atom stereocenters. The lowest BCUT2D eigenvalue weighted by atomic mass is 9.76. The quantitative estimate of drug-likeness (QED) is 0.758. The summed E-state index contributed by atoms with van der Waals surface area (Å²) in [5.74, 6) is 1.12. The molecule has 2 aliphatic rings. The highest BCUT2D eigenvalue weighted by Gasteiger charge is 2.40. The number of halogens is 1. The van der Waals surface area contributed by atoms with Crippen LogP contribution in [-0.4, -0.2) is 5.78 Å². The minimum absolute atomic E-state index is 0.00525. The Morgan fingerprint density at radius 3 is 2.74 bits per heavy atom. The summed E-state index contributed by atoms with van der Waals surface area (Å²) in [5, 5.41) is 0.707. The third kappa shape index (κ3) is 2.30. The van der Waals surface area contributed by atoms with Gasteiger partial charge in [0, 0.05) is 35.4 Å². The van der Waals surface area contributed by atoms with Crippen LogP contribution >= 0.6 is 11.6 Å². The lowest BCUT2D eigenvalue weighted by Crippen LogP contribution is -2.24. The fourth-order valence-electron chi connectivity index (χ4n) is 2.95. The Hall–Kier alpha value is -1.28. The van der Waals surface area contributed by atoms with E-state index in [0.29, 0.717) is 17.9 Å². The van der Waals surface area contributed by atoms with Crippen molar-refractivity contribution < 1.29 is 9.53 Å². The minimum Gasteiger partial charge on any atom is -0.489 e. The van der Waals surface area contributed by atoms with E-state index in [1.807, 2.05) is 24.3 Å². The number of Topliss-reactive ketones (excluding diaryl/α,β-unsaturated/α-hetero) is 1. The molecule has 3 heteroatoms. The van der Waals surface area contributed by atoms with Crippen LogP contribution in [0, 0.1) is 5.41 Å². The normalized spacial score (nSPS) is 25.2. The number of ketones is 1. The Morgan fingerprint density at radius 2 is 2.00 bits per heavy atom. The lowest BCUT2D eigenvalue weighted by molar-refractivity contribution is -0.118. The molecule has 0 N–H and O–H groups in total. The van der Waals surface area contributed by atoms with Gasteiger partial charge < -0.3 is 4.74 Å². The first-order chi connectivity index (χ1) is 8.96. The average Bonchev–Trinajstić information content (AvgIpc) is 2.71. The zero-order chi connectivity index (χ0) is 13.6. The first kappa shape index (κ1) is 12.7. The molecule has 0 amide bonds. The molecule has 0 saturated heterocycles. The van der Waals surface area contributed by atoms with E-state index < -0.39 is 0 Å². The molecule has 1 aromatic carbocycles. The maximum Gasteiger partial charge on any atom is 0.162 e. The summed E-state index contributed by atoms with van der Waals surface area (Å²) in [7, 11) is 0. The first-order valence-corrected chi connectivity index (χ1v) is 7.00. The smallest absolute Gasteiger partial charge is 0.162 e. The zero-order valence-electron chi connectivity index (χ0n) is 11.2. The number of rotatable bonds is 1. The number of carbonyl (C=O) groups excluding carboxylic acids is 1. The van der Waals surface area contributed by atoms with Crippen LogP contribution in [0.2, 0.25) is 5.02 Å². The average molecular weight is 277 g/mol. The predicted octanol–water partition coefficient (Wildman–Crippen LogP) is 4.44. The Morgan fingerprint density at radius 1 is 1.26 bits per heavy atom. The van der Waals surface area contributed by atoms with Crippen LogP contribution in [0.4, 0.5) is 0 Å². The standard InChI is InChI=1S/C16H17ClO2/c1-16(2)8-13(18)11-7-14(19-15(11)9-16)10-5-3-4-6-12(10)17/h3-6,14H,7-9H2,1-2H3. The van der Waals surface area contributed by atoms with Gasteiger partial charge in [0.05, 0.1) is 0 Å². The van der Waals surface area contributed by atoms with E-state index >= 15 is 0 Å². The molecule has 19 heavy (non-hydrogen) atoms. The van der Waals surface area contributed by atoms with Crippen LogP contribution in [0.15, 0.2) is 35.6 Å². The molecule has 0 fully saturated rings. The first-order valence-electron chi connectivity index (χ1n) is 6.62. The molecule has 0 bridgehead atoms. The molecule has 0 saturated carbocycles. The van der Waals surface area contributed by atoms with E-state index in [4.69, 9.17) is 16.3 Å². The van der Waals surface area contributed by atoms with Gasteiger partial charge in [-0.2, -0.15) is 0 Å². The highest BCUT2D eigenvalue weighted by atomic mass is 35.5. The molecule has 1 heterocycles. The van der Waals surface area contributed by atoms with Gasteiger partial charge in [-0.15, -0.1) is 0 Å². The van der Waals surface area contributed by atoms with Crippen molar-refractivity contribution in [3.8, 4) is 0 Å². The van der Waals surface area contributed by atoms with Gasteiger partial charge in [-0.1, -0.05) is 43.6 Å². The van der Waals surface area contributed by atoms with E-state index in [-0.39, 0.29) is 17.3 Å². The molecule has 1 atom stereocenters. The van der Waals surface area contributed by atoms with Crippen molar-refractivity contribution >= 4 is 17.4 Å². The summed E-state index contributed by atoms with van der Waals surface area (Å²) in [6, 6.07) is 7.69. The summed E-state index contributed by atoms with van der Waals surface area (Å²) in [6.45, 7) is 4.22. The second-order valence-electron chi connectivity index (χ2n) is 6.17. The monoisotopic (exact) mass is 276 g/mol. The Bertz CT molecular complexity index is 572. The number of allylic oxidation sites excluding steroid dienone is 1. The number of hydrogen-bond donors (Lipinski definition) is 0. The fraction of sp³-hybridized carbons (Fsp3) is 0.438. The Labute approximate surface area is 118 Å². The largest absolute Gasteiger partial charge is 0.489 e. The van der Waals surface area contributed by atoms with Crippen molar-refractivity contribution in [1.29, 1.82) is 0 Å². The van der Waals surface area contributed by atoms with Crippen molar-refractivity contribution in [3.05, 3.63) is 46.2 Å². The van der Waals surface area contributed by atoms with Gasteiger partial charge in [-0.05, 0) is 11.5 Å². The van der Waals surface area contributed by atoms with E-state index in [1.54, 1.807) is 0 Å². The van der Waals surface area contributed by atoms with Gasteiger partial charge in [0.15, 0.2) is 5.78 Å². The third-order valence-electron chi connectivity index (χ3n) is 3.88. The van der Waals surface area contributed by atoms with Crippen LogP contribution in [-0.2, 0) is 9.53 Å². The van der Waals surface area contributed by atoms with Crippen LogP contribution < -0.4 is 0 Å². The number of carbonyl (C=O) groups is 1. The van der Waals surface area contributed by atoms with Crippen molar-refractivity contribution in [2.75, 3.05) is 0 Å². The van der Waals surface area contributed by atoms with Crippen molar-refractivity contribution in [2.45, 2.75) is 39.2 Å². The SMILES string of the molecule is CC1(C)CC(=O)C2=C(C1)OC(c1ccccc1Cl)C2. The van der Waals surface area contributed by atoms with Gasteiger partial charge >= 0.3 is 0 Å². The van der Waals surface area contributed by atoms with Crippen LogP contribution in [0.25, 0.3) is 0 Å². The van der Waals surface area contributed by atoms with Crippen molar-refractivity contribution in [3.63, 3.8) is 0 Å². The topological polar surface area (TPSA) is 26.3 Å². The zero-order valence-corrected chi connectivity index (χ0v) is 12.0. The summed E-state index contributed by atoms with van der Waals surface area (Å²) >= 11 is 6.21. The molecule has 0 spiro atoms. The predicted molar refractivity (Wildman–Crippen MR) is 74.9 cm³/mol. The van der Waals surface area contributed by atoms with Crippen LogP contribution in [0.1, 0.15) is 44.8 Å². The number of ether oxygens (including phenoxy) is 1. The van der Waals surface area contributed by atoms with Gasteiger partial charge in [-0.3, -0.25) is 4.79 Å². The van der Waals surface area contributed by atoms with E-state index in [1.165, 1.54) is 0 Å². The Kier molecular flexibility index (Phi) is 2.94. The maximum absolute atomic E-state index is 12.2. The molecule has 100 valence electrons. The highest BCUT2D eigenvalue weighted by molar-refractivity contribution is 6.31. The molecule has 0 radical (unpaired) electrons. The number of benzene rings is 1. The molecular formula is C16H17ClO2. The van der Waals surface area contributed by atoms with Gasteiger partial charge in [0.1, 0.15) is 11.9 Å². The molecule has 0 aromatic heterocycles. The summed E-state index contributed by atoms with van der Waals surface area (Å²) in [4.78, 5) is 12.2. The maximum atomic E-state index is 12.2. The molecule has 1 aromatic rings. The van der Waals surface area contributed by atoms with Gasteiger partial charge in [0.2, 0.25) is 0 Å². The Balaban J connectivity index is 1.88. The van der Waals surface area contributed by atoms with E-state index in [2.05, 4.69) is 13.8 Å². The molecule has 1 aliphatic heterocycles. The van der Waals surface area contributed by atoms with Crippen LogP contribution in [0.3, 0.4) is 0 Å². The minimum atomic E-state index is -0.100. The highest BCUT2D eigenvalue weighted by Crippen LogP contribution is 2.47. The van der Waals surface area contributed by atoms with Crippen LogP contribution in [0.5, 0.6) is 0 Å². The molecular weight excluding hydrogens is 260 g/mol. The molecule has 1 aliphatic carbocycles. The summed E-state index contributed by atoms with van der Waals surface area (Å²) < 4.78 is 6.01. The second-order valence-corrected chi connectivity index (χ2v) is 6.58. The third-order valence-corrected chi connectivity index (χ3v) is 4.22. The van der Waals surface area contributed by atoms with E-state index in [9.17, 15) is 4.79 Å². The van der Waals surface area contributed by atoms with Crippen molar-refractivity contribution in [1.82, 2.24) is 0 Å². The lowest BCUT2D eigenvalue weighted by Gasteiger charge is -2.28. The second kappa shape index (κ2) is 4.38. The summed E-state index contributed by atoms with van der Waals surface area (Å²) in [5.41, 5.74) is 1.86.